The van der Waals surface area contributed by atoms with Crippen LogP contribution in [0.4, 0.5) is 5.69 Å². The lowest BCUT2D eigenvalue weighted by Gasteiger charge is -1.95. The molecule has 0 atom stereocenters. The molecule has 0 unspecified atom stereocenters. The monoisotopic (exact) mass is 271 g/mol. The van der Waals surface area contributed by atoms with Gasteiger partial charge in [-0.2, -0.15) is 16.8 Å². The summed E-state index contributed by atoms with van der Waals surface area (Å²) in [5.74, 6) is 0. The van der Waals surface area contributed by atoms with Gasteiger partial charge in [0.1, 0.15) is 0 Å². The van der Waals surface area contributed by atoms with Crippen LogP contribution in [-0.2, 0) is 20.5 Å². The first-order valence-corrected chi connectivity index (χ1v) is 6.37. The Morgan fingerprint density at radius 1 is 0.875 bits per heavy atom. The zero-order valence-electron chi connectivity index (χ0n) is 7.68. The lowest BCUT2D eigenvalue weighted by molar-refractivity contribution is 0.381. The highest BCUT2D eigenvalue weighted by Crippen LogP contribution is 2.10. The maximum atomic E-state index is 10.5. The van der Waals surface area contributed by atoms with E-state index in [9.17, 15) is 8.42 Å². The molecule has 0 fully saturated rings. The molecule has 0 saturated carbocycles. The van der Waals surface area contributed by atoms with Gasteiger partial charge in [-0.25, -0.2) is 0 Å². The van der Waals surface area contributed by atoms with E-state index >= 15 is 0 Å². The van der Waals surface area contributed by atoms with Crippen molar-refractivity contribution in [2.45, 2.75) is 4.90 Å². The molecule has 0 aromatic heterocycles. The maximum absolute atomic E-state index is 10.5. The number of hydrogen-bond acceptors (Lipinski definition) is 5. The molecule has 0 saturated heterocycles. The van der Waals surface area contributed by atoms with Crippen LogP contribution in [0.15, 0.2) is 29.2 Å². The molecule has 1 aromatic carbocycles. The van der Waals surface area contributed by atoms with Crippen molar-refractivity contribution in [3.05, 3.63) is 24.3 Å². The summed E-state index contributed by atoms with van der Waals surface area (Å²) >= 11 is 0. The molecule has 0 aliphatic heterocycles. The lowest BCUT2D eigenvalue weighted by Crippen LogP contribution is -1.97. The Hall–Kier alpha value is -1.20. The minimum absolute atomic E-state index is 0.147. The third-order valence-electron chi connectivity index (χ3n) is 1.18. The van der Waals surface area contributed by atoms with Crippen LogP contribution in [-0.4, -0.2) is 30.5 Å². The van der Waals surface area contributed by atoms with E-state index in [0.29, 0.717) is 5.69 Å². The molecule has 0 aliphatic carbocycles. The van der Waals surface area contributed by atoms with Crippen molar-refractivity contribution >= 4 is 26.2 Å². The van der Waals surface area contributed by atoms with Gasteiger partial charge in [0.2, 0.25) is 0 Å². The van der Waals surface area contributed by atoms with Crippen LogP contribution in [0.5, 0.6) is 0 Å². The summed E-state index contributed by atoms with van der Waals surface area (Å²) in [7, 11) is -8.74. The Morgan fingerprint density at radius 3 is 1.44 bits per heavy atom. The largest absolute Gasteiger partial charge is 0.399 e. The topological polar surface area (TPSA) is 155 Å². The highest BCUT2D eigenvalue weighted by molar-refractivity contribution is 7.85. The van der Waals surface area contributed by atoms with E-state index in [1.807, 2.05) is 0 Å². The van der Waals surface area contributed by atoms with E-state index in [-0.39, 0.29) is 4.90 Å². The number of nitrogen functional groups attached to an aromatic ring is 1. The van der Waals surface area contributed by atoms with E-state index in [4.69, 9.17) is 27.8 Å². The SMILES string of the molecule is Nc1ccc(S(=O)(=O)O)cc1.O=S(=O)(O)O. The Kier molecular flexibility index (Phi) is 4.83. The quantitative estimate of drug-likeness (QED) is 0.406. The third-order valence-corrected chi connectivity index (χ3v) is 2.05. The maximum Gasteiger partial charge on any atom is 0.394 e. The van der Waals surface area contributed by atoms with E-state index in [2.05, 4.69) is 0 Å². The normalized spacial score (nSPS) is 11.4. The molecule has 5 N–H and O–H groups in total. The van der Waals surface area contributed by atoms with Crippen LogP contribution < -0.4 is 5.73 Å². The number of nitrogens with two attached hydrogens (primary N) is 1. The van der Waals surface area contributed by atoms with Gasteiger partial charge in [0.15, 0.2) is 0 Å². The van der Waals surface area contributed by atoms with Crippen molar-refractivity contribution in [1.82, 2.24) is 0 Å². The second-order valence-electron chi connectivity index (χ2n) is 2.49. The molecule has 0 amide bonds. The molecule has 0 spiro atoms. The average molecular weight is 271 g/mol. The average Bonchev–Trinajstić information content (AvgIpc) is 1.99. The van der Waals surface area contributed by atoms with Gasteiger partial charge in [0, 0.05) is 5.69 Å². The fraction of sp³-hybridized carbons (Fsp3) is 0. The Labute approximate surface area is 92.0 Å². The predicted molar refractivity (Wildman–Crippen MR) is 54.8 cm³/mol. The van der Waals surface area contributed by atoms with Crippen LogP contribution in [0.3, 0.4) is 0 Å². The smallest absolute Gasteiger partial charge is 0.394 e. The highest BCUT2D eigenvalue weighted by atomic mass is 32.3. The zero-order chi connectivity index (χ0) is 13.0. The lowest BCUT2D eigenvalue weighted by atomic mass is 10.3. The van der Waals surface area contributed by atoms with Gasteiger partial charge in [-0.1, -0.05) is 0 Å². The third kappa shape index (κ3) is 8.14. The van der Waals surface area contributed by atoms with E-state index in [1.54, 1.807) is 0 Å². The molecule has 0 aliphatic rings. The molecule has 10 heteroatoms. The van der Waals surface area contributed by atoms with Crippen LogP contribution in [0.1, 0.15) is 0 Å². The molecular formula is C6H9NO7S2. The first-order chi connectivity index (χ1) is 7.00. The standard InChI is InChI=1S/C6H7NO3S.H2O4S/c7-5-1-3-6(4-2-5)11(8,9)10;1-5(2,3)4/h1-4H,7H2,(H,8,9,10);(H2,1,2,3,4). The van der Waals surface area contributed by atoms with E-state index in [0.717, 1.165) is 0 Å². The molecule has 1 aromatic rings. The van der Waals surface area contributed by atoms with Crippen molar-refractivity contribution in [1.29, 1.82) is 0 Å². The van der Waals surface area contributed by atoms with Crippen LogP contribution in [0.2, 0.25) is 0 Å². The summed E-state index contributed by atoms with van der Waals surface area (Å²) in [5.41, 5.74) is 5.75. The van der Waals surface area contributed by atoms with Crippen molar-refractivity contribution in [2.24, 2.45) is 0 Å². The molecule has 0 radical (unpaired) electrons. The van der Waals surface area contributed by atoms with Gasteiger partial charge in [-0.3, -0.25) is 13.7 Å². The van der Waals surface area contributed by atoms with Gasteiger partial charge in [-0.05, 0) is 24.3 Å². The summed E-state index contributed by atoms with van der Waals surface area (Å²) in [5, 5.41) is 0. The minimum Gasteiger partial charge on any atom is -0.399 e. The van der Waals surface area contributed by atoms with Gasteiger partial charge in [-0.15, -0.1) is 0 Å². The summed E-state index contributed by atoms with van der Waals surface area (Å²) in [6.07, 6.45) is 0. The van der Waals surface area contributed by atoms with Gasteiger partial charge in [0.25, 0.3) is 10.1 Å². The molecule has 1 rings (SSSR count). The van der Waals surface area contributed by atoms with Gasteiger partial charge >= 0.3 is 10.4 Å². The first kappa shape index (κ1) is 14.8. The Balaban J connectivity index is 0.000000385. The molecule has 0 heterocycles. The van der Waals surface area contributed by atoms with Crippen LogP contribution in [0, 0.1) is 0 Å². The fourth-order valence-electron chi connectivity index (χ4n) is 0.640. The second-order valence-corrected chi connectivity index (χ2v) is 4.81. The van der Waals surface area contributed by atoms with Crippen LogP contribution in [0.25, 0.3) is 0 Å². The van der Waals surface area contributed by atoms with Crippen molar-refractivity contribution in [2.75, 3.05) is 5.73 Å². The number of anilines is 1. The summed E-state index contributed by atoms with van der Waals surface area (Å²) in [4.78, 5) is -0.147. The van der Waals surface area contributed by atoms with E-state index < -0.39 is 20.5 Å². The summed E-state index contributed by atoms with van der Waals surface area (Å²) < 4.78 is 61.0. The molecule has 92 valence electrons. The Morgan fingerprint density at radius 2 is 1.19 bits per heavy atom. The summed E-state index contributed by atoms with van der Waals surface area (Å²) in [6.45, 7) is 0. The highest BCUT2D eigenvalue weighted by Gasteiger charge is 2.06. The predicted octanol–water partition coefficient (Wildman–Crippen LogP) is -0.137. The second kappa shape index (κ2) is 5.23. The number of rotatable bonds is 1. The number of benzene rings is 1. The molecule has 16 heavy (non-hydrogen) atoms. The van der Waals surface area contributed by atoms with Gasteiger partial charge in [0.05, 0.1) is 4.90 Å². The molecular weight excluding hydrogens is 262 g/mol. The van der Waals surface area contributed by atoms with Crippen molar-refractivity contribution < 1.29 is 30.5 Å². The van der Waals surface area contributed by atoms with Crippen molar-refractivity contribution in [3.8, 4) is 0 Å². The minimum atomic E-state index is -4.67. The van der Waals surface area contributed by atoms with Crippen molar-refractivity contribution in [3.63, 3.8) is 0 Å². The Bertz CT molecular complexity index is 523. The zero-order valence-corrected chi connectivity index (χ0v) is 9.31. The molecule has 0 bridgehead atoms. The fourth-order valence-corrected chi connectivity index (χ4v) is 1.12. The summed E-state index contributed by atoms with van der Waals surface area (Å²) in [6, 6.07) is 5.29. The van der Waals surface area contributed by atoms with Crippen LogP contribution >= 0.6 is 0 Å². The van der Waals surface area contributed by atoms with E-state index in [1.165, 1.54) is 24.3 Å². The first-order valence-electron chi connectivity index (χ1n) is 3.53. The molecule has 8 nitrogen and oxygen atoms in total. The number of hydrogen-bond donors (Lipinski definition) is 4. The van der Waals surface area contributed by atoms with Gasteiger partial charge < -0.3 is 5.73 Å².